The van der Waals surface area contributed by atoms with Gasteiger partial charge in [-0.25, -0.2) is 0 Å². The van der Waals surface area contributed by atoms with Gasteiger partial charge in [0.25, 0.3) is 0 Å². The van der Waals surface area contributed by atoms with Gasteiger partial charge in [-0.05, 0) is 12.1 Å². The van der Waals surface area contributed by atoms with Gasteiger partial charge in [0, 0.05) is 29.3 Å². The molecule has 0 spiro atoms. The molecular weight excluding hydrogens is 290 g/mol. The highest BCUT2D eigenvalue weighted by Crippen LogP contribution is 2.44. The first kappa shape index (κ1) is 13.9. The highest BCUT2D eigenvalue weighted by atomic mass is 16.5. The molecule has 2 aromatic carbocycles. The van der Waals surface area contributed by atoms with Crippen molar-refractivity contribution in [3.05, 3.63) is 65.4 Å². The normalized spacial score (nSPS) is 15.3. The van der Waals surface area contributed by atoms with E-state index in [1.165, 1.54) is 0 Å². The lowest BCUT2D eigenvalue weighted by Gasteiger charge is -2.35. The first-order chi connectivity index (χ1) is 11.3. The summed E-state index contributed by atoms with van der Waals surface area (Å²) in [6.45, 7) is 1.35. The molecule has 0 aromatic heterocycles. The van der Waals surface area contributed by atoms with Gasteiger partial charge in [0.2, 0.25) is 0 Å². The van der Waals surface area contributed by atoms with Gasteiger partial charge in [0.15, 0.2) is 5.78 Å². The summed E-state index contributed by atoms with van der Waals surface area (Å²) in [5.74, 6) is 1.72. The molecule has 0 aliphatic carbocycles. The van der Waals surface area contributed by atoms with Crippen molar-refractivity contribution in [2.45, 2.75) is 6.42 Å². The zero-order valence-electron chi connectivity index (χ0n) is 12.9. The van der Waals surface area contributed by atoms with Crippen molar-refractivity contribution in [3.8, 4) is 11.5 Å². The summed E-state index contributed by atoms with van der Waals surface area (Å²) in [5.41, 5.74) is 3.54. The minimum atomic E-state index is 0.0650. The summed E-state index contributed by atoms with van der Waals surface area (Å²) >= 11 is 0. The van der Waals surface area contributed by atoms with Crippen molar-refractivity contribution in [2.75, 3.05) is 25.2 Å². The number of hydrogen-bond donors (Lipinski definition) is 0. The maximum absolute atomic E-state index is 12.8. The second kappa shape index (κ2) is 5.47. The van der Waals surface area contributed by atoms with Gasteiger partial charge < -0.3 is 14.4 Å². The Kier molecular flexibility index (Phi) is 3.30. The zero-order chi connectivity index (χ0) is 15.8. The number of carbonyl (C=O) groups excluding carboxylic acids is 1. The minimum absolute atomic E-state index is 0.0650. The number of benzene rings is 2. The van der Waals surface area contributed by atoms with Crippen LogP contribution in [-0.2, 0) is 6.42 Å². The van der Waals surface area contributed by atoms with Crippen molar-refractivity contribution in [3.63, 3.8) is 0 Å². The van der Waals surface area contributed by atoms with E-state index in [0.717, 1.165) is 34.9 Å². The van der Waals surface area contributed by atoms with Crippen LogP contribution in [0.3, 0.4) is 0 Å². The van der Waals surface area contributed by atoms with Gasteiger partial charge in [-0.2, -0.15) is 0 Å². The average Bonchev–Trinajstić information content (AvgIpc) is 2.62. The van der Waals surface area contributed by atoms with Gasteiger partial charge in [0.1, 0.15) is 18.1 Å². The molecule has 0 saturated carbocycles. The van der Waals surface area contributed by atoms with E-state index in [1.807, 2.05) is 48.7 Å². The molecule has 0 bridgehead atoms. The molecule has 116 valence electrons. The molecule has 2 heterocycles. The molecular formula is C19H17NO3. The number of carbonyl (C=O) groups is 1. The Morgan fingerprint density at radius 2 is 2.00 bits per heavy atom. The number of ketones is 1. The molecule has 4 rings (SSSR count). The number of nitrogens with zero attached hydrogens (tertiary/aromatic N) is 1. The Bertz CT molecular complexity index is 796. The number of ether oxygens (including phenoxy) is 2. The lowest BCUT2D eigenvalue weighted by molar-refractivity contribution is 0.103. The zero-order valence-corrected chi connectivity index (χ0v) is 12.9. The molecule has 0 N–H and O–H groups in total. The molecule has 0 radical (unpaired) electrons. The number of hydrogen-bond acceptors (Lipinski definition) is 4. The maximum Gasteiger partial charge on any atom is 0.190 e. The molecule has 23 heavy (non-hydrogen) atoms. The summed E-state index contributed by atoms with van der Waals surface area (Å²) in [6, 6.07) is 13.2. The van der Waals surface area contributed by atoms with Crippen LogP contribution >= 0.6 is 0 Å². The van der Waals surface area contributed by atoms with Gasteiger partial charge >= 0.3 is 0 Å². The van der Waals surface area contributed by atoms with Crippen LogP contribution in [0.15, 0.2) is 54.2 Å². The van der Waals surface area contributed by atoms with Crippen LogP contribution in [0.4, 0.5) is 5.69 Å². The fourth-order valence-corrected chi connectivity index (χ4v) is 3.22. The topological polar surface area (TPSA) is 38.8 Å². The third-order valence-electron chi connectivity index (χ3n) is 4.31. The number of anilines is 1. The van der Waals surface area contributed by atoms with Crippen LogP contribution in [0.1, 0.15) is 15.9 Å². The number of methoxy groups -OCH3 is 1. The average molecular weight is 307 g/mol. The summed E-state index contributed by atoms with van der Waals surface area (Å²) in [5, 5.41) is 0. The fourth-order valence-electron chi connectivity index (χ4n) is 3.22. The number of allylic oxidation sites excluding steroid dienone is 1. The SMILES string of the molecule is COc1ccc2c3c1CC(C(=O)c1ccccc1)=CN3CCO2. The Morgan fingerprint density at radius 3 is 2.78 bits per heavy atom. The quantitative estimate of drug-likeness (QED) is 0.816. The predicted molar refractivity (Wildman–Crippen MR) is 88.4 cm³/mol. The van der Waals surface area contributed by atoms with E-state index in [0.29, 0.717) is 18.6 Å². The van der Waals surface area contributed by atoms with E-state index in [2.05, 4.69) is 4.90 Å². The van der Waals surface area contributed by atoms with Crippen molar-refractivity contribution in [1.82, 2.24) is 0 Å². The second-order valence-corrected chi connectivity index (χ2v) is 5.66. The third kappa shape index (κ3) is 2.27. The van der Waals surface area contributed by atoms with Crippen LogP contribution in [0.2, 0.25) is 0 Å². The van der Waals surface area contributed by atoms with Crippen molar-refractivity contribution < 1.29 is 14.3 Å². The van der Waals surface area contributed by atoms with E-state index < -0.39 is 0 Å². The van der Waals surface area contributed by atoms with Gasteiger partial charge in [-0.1, -0.05) is 30.3 Å². The van der Waals surface area contributed by atoms with Gasteiger partial charge in [-0.3, -0.25) is 4.79 Å². The predicted octanol–water partition coefficient (Wildman–Crippen LogP) is 3.22. The van der Waals surface area contributed by atoms with E-state index in [1.54, 1.807) is 7.11 Å². The smallest absolute Gasteiger partial charge is 0.190 e. The summed E-state index contributed by atoms with van der Waals surface area (Å²) in [4.78, 5) is 14.9. The van der Waals surface area contributed by atoms with Gasteiger partial charge in [0.05, 0.1) is 19.3 Å². The summed E-state index contributed by atoms with van der Waals surface area (Å²) in [7, 11) is 1.66. The Hall–Kier alpha value is -2.75. The molecule has 4 heteroatoms. The second-order valence-electron chi connectivity index (χ2n) is 5.66. The van der Waals surface area contributed by atoms with E-state index in [4.69, 9.17) is 9.47 Å². The van der Waals surface area contributed by atoms with Crippen LogP contribution in [-0.4, -0.2) is 26.0 Å². The molecule has 2 aliphatic heterocycles. The third-order valence-corrected chi connectivity index (χ3v) is 4.31. The highest BCUT2D eigenvalue weighted by Gasteiger charge is 2.30. The van der Waals surface area contributed by atoms with Crippen LogP contribution in [0, 0.1) is 0 Å². The van der Waals surface area contributed by atoms with E-state index in [9.17, 15) is 4.79 Å². The monoisotopic (exact) mass is 307 g/mol. The summed E-state index contributed by atoms with van der Waals surface area (Å²) < 4.78 is 11.2. The summed E-state index contributed by atoms with van der Waals surface area (Å²) in [6.07, 6.45) is 2.52. The lowest BCUT2D eigenvalue weighted by Crippen LogP contribution is -2.33. The molecule has 0 fully saturated rings. The number of Topliss-reactive ketones (excluding diaryl/α,β-unsaturated/α-hetero) is 1. The first-order valence-corrected chi connectivity index (χ1v) is 7.67. The Morgan fingerprint density at radius 1 is 1.17 bits per heavy atom. The van der Waals surface area contributed by atoms with Crippen LogP contribution < -0.4 is 14.4 Å². The van der Waals surface area contributed by atoms with Crippen LogP contribution in [0.5, 0.6) is 11.5 Å². The molecule has 0 amide bonds. The molecule has 0 saturated heterocycles. The largest absolute Gasteiger partial charge is 0.496 e. The molecule has 0 unspecified atom stereocenters. The Labute approximate surface area is 134 Å². The lowest BCUT2D eigenvalue weighted by atomic mass is 9.92. The molecule has 2 aromatic rings. The number of rotatable bonds is 3. The highest BCUT2D eigenvalue weighted by molar-refractivity contribution is 6.09. The minimum Gasteiger partial charge on any atom is -0.496 e. The van der Waals surface area contributed by atoms with E-state index >= 15 is 0 Å². The molecule has 4 nitrogen and oxygen atoms in total. The van der Waals surface area contributed by atoms with Crippen molar-refractivity contribution in [2.24, 2.45) is 0 Å². The Balaban J connectivity index is 1.78. The standard InChI is InChI=1S/C19H17NO3/c1-22-16-7-8-17-18-15(16)11-14(12-20(18)9-10-23-17)19(21)13-5-3-2-4-6-13/h2-8,12H,9-11H2,1H3. The fraction of sp³-hybridized carbons (Fsp3) is 0.211. The van der Waals surface area contributed by atoms with Crippen LogP contribution in [0.25, 0.3) is 0 Å². The maximum atomic E-state index is 12.8. The van der Waals surface area contributed by atoms with Gasteiger partial charge in [-0.15, -0.1) is 0 Å². The van der Waals surface area contributed by atoms with Crippen molar-refractivity contribution in [1.29, 1.82) is 0 Å². The molecule has 0 atom stereocenters. The van der Waals surface area contributed by atoms with Crippen molar-refractivity contribution >= 4 is 11.5 Å². The molecule has 2 aliphatic rings. The first-order valence-electron chi connectivity index (χ1n) is 7.67. The van der Waals surface area contributed by atoms with E-state index in [-0.39, 0.29) is 5.78 Å².